The lowest BCUT2D eigenvalue weighted by Gasteiger charge is -2.18. The predicted octanol–water partition coefficient (Wildman–Crippen LogP) is 4.47. The highest BCUT2D eigenvalue weighted by atomic mass is 32.1. The molecule has 2 amide bonds. The molecule has 0 atom stereocenters. The summed E-state index contributed by atoms with van der Waals surface area (Å²) >= 11 is 5.35. The largest absolute Gasteiger partial charge is 0.350 e. The van der Waals surface area contributed by atoms with Crippen molar-refractivity contribution in [3.8, 4) is 0 Å². The van der Waals surface area contributed by atoms with Crippen LogP contribution < -0.4 is 16.0 Å². The third-order valence-corrected chi connectivity index (χ3v) is 4.79. The molecule has 5 nitrogen and oxygen atoms in total. The van der Waals surface area contributed by atoms with Crippen LogP contribution >= 0.6 is 12.2 Å². The van der Waals surface area contributed by atoms with Gasteiger partial charge in [0, 0.05) is 17.3 Å². The topological polar surface area (TPSA) is 70.2 Å². The molecule has 3 N–H and O–H groups in total. The van der Waals surface area contributed by atoms with Gasteiger partial charge in [0.15, 0.2) is 5.11 Å². The molecule has 0 saturated heterocycles. The molecule has 3 aromatic rings. The molecular weight excluding hydrogens is 406 g/mol. The number of thiocarbonyl (C=S) groups is 1. The first-order valence-electron chi connectivity index (χ1n) is 10.1. The Morgan fingerprint density at radius 3 is 1.77 bits per heavy atom. The Hall–Kier alpha value is -3.51. The molecule has 6 heteroatoms. The summed E-state index contributed by atoms with van der Waals surface area (Å²) in [6, 6.07) is 26.2. The van der Waals surface area contributed by atoms with Crippen LogP contribution in [-0.2, 0) is 4.79 Å². The number of rotatable bonds is 6. The summed E-state index contributed by atoms with van der Waals surface area (Å²) in [4.78, 5) is 25.2. The van der Waals surface area contributed by atoms with Crippen LogP contribution in [0.2, 0.25) is 0 Å². The van der Waals surface area contributed by atoms with Crippen molar-refractivity contribution in [2.45, 2.75) is 25.8 Å². The molecule has 0 aliphatic heterocycles. The highest BCUT2D eigenvalue weighted by Crippen LogP contribution is 2.24. The van der Waals surface area contributed by atoms with Gasteiger partial charge >= 0.3 is 0 Å². The van der Waals surface area contributed by atoms with Crippen molar-refractivity contribution < 1.29 is 9.59 Å². The number of carbonyl (C=O) groups excluding carboxylic acids is 2. The number of hydrogen-bond donors (Lipinski definition) is 3. The molecule has 0 unspecified atom stereocenters. The molecule has 31 heavy (non-hydrogen) atoms. The van der Waals surface area contributed by atoms with Crippen molar-refractivity contribution >= 4 is 34.8 Å². The first-order valence-corrected chi connectivity index (χ1v) is 10.5. The van der Waals surface area contributed by atoms with Crippen molar-refractivity contribution in [2.75, 3.05) is 5.32 Å². The fourth-order valence-corrected chi connectivity index (χ4v) is 3.40. The van der Waals surface area contributed by atoms with Gasteiger partial charge in [-0.3, -0.25) is 9.59 Å². The van der Waals surface area contributed by atoms with Crippen LogP contribution in [-0.4, -0.2) is 23.0 Å². The molecule has 0 bridgehead atoms. The SMILES string of the molecule is CC(C)NC(=O)c1ccc(NC(=S)NC(=O)C(c2ccccc2)c2ccccc2)cc1. The van der Waals surface area contributed by atoms with E-state index >= 15 is 0 Å². The summed E-state index contributed by atoms with van der Waals surface area (Å²) in [6.45, 7) is 3.82. The first-order chi connectivity index (χ1) is 14.9. The Balaban J connectivity index is 1.68. The van der Waals surface area contributed by atoms with E-state index in [0.717, 1.165) is 11.1 Å². The normalized spacial score (nSPS) is 10.6. The molecule has 0 spiro atoms. The molecule has 0 aromatic heterocycles. The maximum absolute atomic E-state index is 13.1. The van der Waals surface area contributed by atoms with Gasteiger partial charge < -0.3 is 16.0 Å². The van der Waals surface area contributed by atoms with Gasteiger partial charge in [0.1, 0.15) is 0 Å². The van der Waals surface area contributed by atoms with Crippen LogP contribution in [0.4, 0.5) is 5.69 Å². The monoisotopic (exact) mass is 431 g/mol. The molecule has 0 fully saturated rings. The van der Waals surface area contributed by atoms with E-state index in [0.29, 0.717) is 11.3 Å². The lowest BCUT2D eigenvalue weighted by Crippen LogP contribution is -2.37. The Bertz CT molecular complexity index is 996. The number of amides is 2. The van der Waals surface area contributed by atoms with E-state index in [9.17, 15) is 9.59 Å². The predicted molar refractivity (Wildman–Crippen MR) is 128 cm³/mol. The second-order valence-electron chi connectivity index (χ2n) is 7.40. The second-order valence-corrected chi connectivity index (χ2v) is 7.81. The highest BCUT2D eigenvalue weighted by molar-refractivity contribution is 7.80. The lowest BCUT2D eigenvalue weighted by atomic mass is 9.90. The minimum Gasteiger partial charge on any atom is -0.350 e. The van der Waals surface area contributed by atoms with Crippen LogP contribution in [0.15, 0.2) is 84.9 Å². The molecular formula is C25H25N3O2S. The molecule has 0 saturated carbocycles. The minimum atomic E-state index is -0.482. The van der Waals surface area contributed by atoms with Crippen LogP contribution in [0.1, 0.15) is 41.3 Å². The number of anilines is 1. The summed E-state index contributed by atoms with van der Waals surface area (Å²) < 4.78 is 0. The minimum absolute atomic E-state index is 0.0651. The Labute approximate surface area is 187 Å². The van der Waals surface area contributed by atoms with Gasteiger partial charge in [-0.05, 0) is 61.5 Å². The number of nitrogens with one attached hydrogen (secondary N) is 3. The van der Waals surface area contributed by atoms with Crippen LogP contribution in [0.3, 0.4) is 0 Å². The van der Waals surface area contributed by atoms with Crippen LogP contribution in [0.25, 0.3) is 0 Å². The Morgan fingerprint density at radius 1 is 0.774 bits per heavy atom. The van der Waals surface area contributed by atoms with Gasteiger partial charge in [-0.1, -0.05) is 60.7 Å². The zero-order valence-electron chi connectivity index (χ0n) is 17.5. The van der Waals surface area contributed by atoms with Gasteiger partial charge in [-0.25, -0.2) is 0 Å². The quantitative estimate of drug-likeness (QED) is 0.504. The van der Waals surface area contributed by atoms with E-state index in [1.807, 2.05) is 74.5 Å². The molecule has 3 rings (SSSR count). The van der Waals surface area contributed by atoms with E-state index in [-0.39, 0.29) is 23.0 Å². The van der Waals surface area contributed by atoms with E-state index in [2.05, 4.69) is 16.0 Å². The molecule has 0 aliphatic rings. The zero-order chi connectivity index (χ0) is 22.2. The first kappa shape index (κ1) is 22.2. The van der Waals surface area contributed by atoms with Crippen molar-refractivity contribution in [1.82, 2.24) is 10.6 Å². The van der Waals surface area contributed by atoms with Crippen molar-refractivity contribution in [3.63, 3.8) is 0 Å². The lowest BCUT2D eigenvalue weighted by molar-refractivity contribution is -0.120. The standard InChI is InChI=1S/C25H25N3O2S/c1-17(2)26-23(29)20-13-15-21(16-14-20)27-25(31)28-24(30)22(18-9-5-3-6-10-18)19-11-7-4-8-12-19/h3-17,22H,1-2H3,(H,26,29)(H2,27,28,30,31). The smallest absolute Gasteiger partial charge is 0.251 e. The second kappa shape index (κ2) is 10.5. The van der Waals surface area contributed by atoms with Gasteiger partial charge in [0.25, 0.3) is 5.91 Å². The summed E-state index contributed by atoms with van der Waals surface area (Å²) in [5, 5.41) is 8.84. The summed E-state index contributed by atoms with van der Waals surface area (Å²) in [5.74, 6) is -0.835. The van der Waals surface area contributed by atoms with Crippen molar-refractivity contribution in [2.24, 2.45) is 0 Å². The number of carbonyl (C=O) groups is 2. The fourth-order valence-electron chi connectivity index (χ4n) is 3.18. The van der Waals surface area contributed by atoms with E-state index in [1.54, 1.807) is 24.3 Å². The summed E-state index contributed by atoms with van der Waals surface area (Å²) in [5.41, 5.74) is 3.01. The van der Waals surface area contributed by atoms with Gasteiger partial charge in [-0.15, -0.1) is 0 Å². The molecule has 0 radical (unpaired) electrons. The van der Waals surface area contributed by atoms with Crippen molar-refractivity contribution in [3.05, 3.63) is 102 Å². The molecule has 0 aliphatic carbocycles. The van der Waals surface area contributed by atoms with E-state index < -0.39 is 5.92 Å². The zero-order valence-corrected chi connectivity index (χ0v) is 18.3. The third-order valence-electron chi connectivity index (χ3n) is 4.59. The van der Waals surface area contributed by atoms with Crippen molar-refractivity contribution in [1.29, 1.82) is 0 Å². The average molecular weight is 432 g/mol. The maximum atomic E-state index is 13.1. The van der Waals surface area contributed by atoms with Gasteiger partial charge in [0.2, 0.25) is 5.91 Å². The Kier molecular flexibility index (Phi) is 7.51. The van der Waals surface area contributed by atoms with E-state index in [4.69, 9.17) is 12.2 Å². The Morgan fingerprint density at radius 2 is 1.29 bits per heavy atom. The maximum Gasteiger partial charge on any atom is 0.251 e. The molecule has 158 valence electrons. The number of hydrogen-bond acceptors (Lipinski definition) is 3. The average Bonchev–Trinajstić information content (AvgIpc) is 2.75. The molecule has 3 aromatic carbocycles. The summed E-state index contributed by atoms with van der Waals surface area (Å²) in [6.07, 6.45) is 0. The van der Waals surface area contributed by atoms with Crippen LogP contribution in [0.5, 0.6) is 0 Å². The third kappa shape index (κ3) is 6.23. The van der Waals surface area contributed by atoms with Crippen LogP contribution in [0, 0.1) is 0 Å². The highest BCUT2D eigenvalue weighted by Gasteiger charge is 2.23. The van der Waals surface area contributed by atoms with E-state index in [1.165, 1.54) is 0 Å². The number of benzene rings is 3. The fraction of sp³-hybridized carbons (Fsp3) is 0.160. The summed E-state index contributed by atoms with van der Waals surface area (Å²) in [7, 11) is 0. The van der Waals surface area contributed by atoms with Gasteiger partial charge in [-0.2, -0.15) is 0 Å². The molecule has 0 heterocycles. The van der Waals surface area contributed by atoms with Gasteiger partial charge in [0.05, 0.1) is 5.92 Å².